The highest BCUT2D eigenvalue weighted by Crippen LogP contribution is 2.39. The largest absolute Gasteiger partial charge is 0.306 e. The third-order valence-electron chi connectivity index (χ3n) is 2.96. The van der Waals surface area contributed by atoms with Gasteiger partial charge in [0.25, 0.3) is 5.56 Å². The monoisotopic (exact) mass is 280 g/mol. The van der Waals surface area contributed by atoms with E-state index < -0.39 is 0 Å². The van der Waals surface area contributed by atoms with Crippen LogP contribution >= 0.6 is 23.2 Å². The first kappa shape index (κ1) is 11.8. The summed E-state index contributed by atoms with van der Waals surface area (Å²) in [5.74, 6) is 0.854. The van der Waals surface area contributed by atoms with Crippen LogP contribution in [0.4, 0.5) is 0 Å². The van der Waals surface area contributed by atoms with Gasteiger partial charge in [-0.1, -0.05) is 29.3 Å². The van der Waals surface area contributed by atoms with Crippen LogP contribution in [-0.2, 0) is 0 Å². The lowest BCUT2D eigenvalue weighted by Gasteiger charge is -2.07. The summed E-state index contributed by atoms with van der Waals surface area (Å²) in [6.07, 6.45) is 2.18. The number of hydrogen-bond acceptors (Lipinski definition) is 2. The average Bonchev–Trinajstić information content (AvgIpc) is 3.11. The molecule has 1 aromatic carbocycles. The molecule has 2 aromatic rings. The molecule has 1 aromatic heterocycles. The van der Waals surface area contributed by atoms with E-state index in [-0.39, 0.29) is 5.56 Å². The molecule has 1 heterocycles. The van der Waals surface area contributed by atoms with E-state index in [1.54, 1.807) is 24.3 Å². The Balaban J connectivity index is 2.19. The van der Waals surface area contributed by atoms with Crippen LogP contribution in [0.15, 0.2) is 29.1 Å². The standard InChI is InChI=1S/C13H10Cl2N2O/c14-8-2-1-3-9(15)12(8)13-16-10(7-4-5-7)6-11(18)17-13/h1-3,6-7H,4-5H2,(H,16,17,18). The van der Waals surface area contributed by atoms with Gasteiger partial charge in [-0.05, 0) is 25.0 Å². The van der Waals surface area contributed by atoms with Crippen LogP contribution in [0.2, 0.25) is 10.0 Å². The molecule has 0 bridgehead atoms. The molecule has 0 radical (unpaired) electrons. The Morgan fingerprint density at radius 3 is 2.50 bits per heavy atom. The summed E-state index contributed by atoms with van der Waals surface area (Å²) in [6.45, 7) is 0. The topological polar surface area (TPSA) is 45.8 Å². The lowest BCUT2D eigenvalue weighted by Crippen LogP contribution is -2.10. The van der Waals surface area contributed by atoms with Crippen LogP contribution in [-0.4, -0.2) is 9.97 Å². The van der Waals surface area contributed by atoms with Crippen LogP contribution < -0.4 is 5.56 Å². The van der Waals surface area contributed by atoms with Crippen molar-refractivity contribution in [2.45, 2.75) is 18.8 Å². The van der Waals surface area contributed by atoms with Gasteiger partial charge in [0.15, 0.2) is 0 Å². The maximum atomic E-state index is 11.7. The Labute approximate surface area is 114 Å². The minimum Gasteiger partial charge on any atom is -0.306 e. The fourth-order valence-electron chi connectivity index (χ4n) is 1.91. The summed E-state index contributed by atoms with van der Waals surface area (Å²) in [5, 5.41) is 0.970. The molecule has 0 spiro atoms. The molecule has 0 saturated heterocycles. The molecule has 0 unspecified atom stereocenters. The molecule has 0 amide bonds. The molecule has 5 heteroatoms. The van der Waals surface area contributed by atoms with Gasteiger partial charge in [-0.2, -0.15) is 0 Å². The number of halogens is 2. The number of nitrogens with one attached hydrogen (secondary N) is 1. The van der Waals surface area contributed by atoms with E-state index in [0.29, 0.717) is 27.4 Å². The van der Waals surface area contributed by atoms with E-state index in [2.05, 4.69) is 9.97 Å². The minimum absolute atomic E-state index is 0.169. The van der Waals surface area contributed by atoms with E-state index in [1.807, 2.05) is 0 Å². The van der Waals surface area contributed by atoms with Crippen LogP contribution in [0.1, 0.15) is 24.5 Å². The maximum Gasteiger partial charge on any atom is 0.251 e. The van der Waals surface area contributed by atoms with Crippen molar-refractivity contribution in [3.63, 3.8) is 0 Å². The number of aromatic nitrogens is 2. The van der Waals surface area contributed by atoms with Crippen molar-refractivity contribution >= 4 is 23.2 Å². The van der Waals surface area contributed by atoms with Gasteiger partial charge in [-0.25, -0.2) is 4.98 Å². The van der Waals surface area contributed by atoms with Crippen LogP contribution in [0.3, 0.4) is 0 Å². The van der Waals surface area contributed by atoms with Gasteiger partial charge in [0.1, 0.15) is 5.82 Å². The Morgan fingerprint density at radius 1 is 1.22 bits per heavy atom. The molecule has 92 valence electrons. The summed E-state index contributed by atoms with van der Waals surface area (Å²) >= 11 is 12.2. The second-order valence-corrected chi connectivity index (χ2v) is 5.20. The number of hydrogen-bond donors (Lipinski definition) is 1. The molecule has 3 rings (SSSR count). The fraction of sp³-hybridized carbons (Fsp3) is 0.231. The highest BCUT2D eigenvalue weighted by atomic mass is 35.5. The Bertz CT molecular complexity index is 642. The highest BCUT2D eigenvalue weighted by Gasteiger charge is 2.26. The minimum atomic E-state index is -0.169. The first-order valence-electron chi connectivity index (χ1n) is 5.71. The summed E-state index contributed by atoms with van der Waals surface area (Å²) < 4.78 is 0. The predicted molar refractivity (Wildman–Crippen MR) is 72.3 cm³/mol. The summed E-state index contributed by atoms with van der Waals surface area (Å²) in [5.41, 5.74) is 1.24. The summed E-state index contributed by atoms with van der Waals surface area (Å²) in [4.78, 5) is 18.8. The fourth-order valence-corrected chi connectivity index (χ4v) is 2.48. The Kier molecular flexibility index (Phi) is 2.88. The predicted octanol–water partition coefficient (Wildman–Crippen LogP) is 3.62. The molecular weight excluding hydrogens is 271 g/mol. The third-order valence-corrected chi connectivity index (χ3v) is 3.59. The highest BCUT2D eigenvalue weighted by molar-refractivity contribution is 6.38. The lowest BCUT2D eigenvalue weighted by molar-refractivity contribution is 0.977. The molecule has 0 aliphatic heterocycles. The number of benzene rings is 1. The van der Waals surface area contributed by atoms with Crippen molar-refractivity contribution in [1.29, 1.82) is 0 Å². The summed E-state index contributed by atoms with van der Waals surface area (Å²) in [7, 11) is 0. The summed E-state index contributed by atoms with van der Waals surface area (Å²) in [6, 6.07) is 6.77. The van der Waals surface area contributed by atoms with Gasteiger partial charge in [-0.3, -0.25) is 4.79 Å². The second kappa shape index (κ2) is 4.41. The Hall–Kier alpha value is -1.32. The first-order chi connectivity index (χ1) is 8.65. The van der Waals surface area contributed by atoms with Crippen molar-refractivity contribution in [1.82, 2.24) is 9.97 Å². The van der Waals surface area contributed by atoms with Crippen LogP contribution in [0, 0.1) is 0 Å². The Morgan fingerprint density at radius 2 is 1.89 bits per heavy atom. The van der Waals surface area contributed by atoms with E-state index >= 15 is 0 Å². The quantitative estimate of drug-likeness (QED) is 0.913. The average molecular weight is 281 g/mol. The van der Waals surface area contributed by atoms with Crippen molar-refractivity contribution in [3.8, 4) is 11.4 Å². The molecule has 1 saturated carbocycles. The first-order valence-corrected chi connectivity index (χ1v) is 6.46. The lowest BCUT2D eigenvalue weighted by atomic mass is 10.2. The third kappa shape index (κ3) is 2.16. The molecule has 1 aliphatic carbocycles. The van der Waals surface area contributed by atoms with E-state index in [4.69, 9.17) is 23.2 Å². The van der Waals surface area contributed by atoms with Gasteiger partial charge < -0.3 is 4.98 Å². The zero-order chi connectivity index (χ0) is 12.7. The molecule has 3 nitrogen and oxygen atoms in total. The molecule has 1 aliphatic rings. The van der Waals surface area contributed by atoms with Gasteiger partial charge in [0.05, 0.1) is 21.3 Å². The van der Waals surface area contributed by atoms with Crippen molar-refractivity contribution in [2.75, 3.05) is 0 Å². The zero-order valence-corrected chi connectivity index (χ0v) is 10.9. The van der Waals surface area contributed by atoms with Crippen molar-refractivity contribution in [2.24, 2.45) is 0 Å². The normalized spacial score (nSPS) is 14.8. The smallest absolute Gasteiger partial charge is 0.251 e. The number of nitrogens with zero attached hydrogens (tertiary/aromatic N) is 1. The van der Waals surface area contributed by atoms with Gasteiger partial charge >= 0.3 is 0 Å². The zero-order valence-electron chi connectivity index (χ0n) is 9.41. The van der Waals surface area contributed by atoms with E-state index in [1.165, 1.54) is 0 Å². The van der Waals surface area contributed by atoms with Crippen LogP contribution in [0.5, 0.6) is 0 Å². The second-order valence-electron chi connectivity index (χ2n) is 4.39. The molecular formula is C13H10Cl2N2O. The molecule has 1 fully saturated rings. The van der Waals surface area contributed by atoms with Crippen molar-refractivity contribution in [3.05, 3.63) is 50.4 Å². The van der Waals surface area contributed by atoms with Gasteiger partial charge in [0.2, 0.25) is 0 Å². The molecule has 0 atom stereocenters. The van der Waals surface area contributed by atoms with E-state index in [0.717, 1.165) is 18.5 Å². The van der Waals surface area contributed by atoms with Crippen molar-refractivity contribution < 1.29 is 0 Å². The maximum absolute atomic E-state index is 11.7. The van der Waals surface area contributed by atoms with E-state index in [9.17, 15) is 4.79 Å². The number of H-pyrrole nitrogens is 1. The number of rotatable bonds is 2. The molecule has 18 heavy (non-hydrogen) atoms. The van der Waals surface area contributed by atoms with Gasteiger partial charge in [-0.15, -0.1) is 0 Å². The number of aromatic amines is 1. The van der Waals surface area contributed by atoms with Crippen LogP contribution in [0.25, 0.3) is 11.4 Å². The molecule has 1 N–H and O–H groups in total. The van der Waals surface area contributed by atoms with Gasteiger partial charge in [0, 0.05) is 12.0 Å². The SMILES string of the molecule is O=c1cc(C2CC2)nc(-c2c(Cl)cccc2Cl)[nH]1.